The largest absolute Gasteiger partial charge is 0.341 e. The third-order valence-electron chi connectivity index (χ3n) is 3.54. The molecule has 3 rings (SSSR count). The van der Waals surface area contributed by atoms with Crippen LogP contribution in [0.3, 0.4) is 0 Å². The molecule has 1 saturated heterocycles. The molecule has 118 valence electrons. The van der Waals surface area contributed by atoms with E-state index in [2.05, 4.69) is 19.6 Å². The van der Waals surface area contributed by atoms with Gasteiger partial charge in [-0.3, -0.25) is 0 Å². The van der Waals surface area contributed by atoms with Crippen LogP contribution in [0.25, 0.3) is 0 Å². The summed E-state index contributed by atoms with van der Waals surface area (Å²) in [5.41, 5.74) is 0.677. The third kappa shape index (κ3) is 3.63. The number of piperidine rings is 1. The lowest BCUT2D eigenvalue weighted by Gasteiger charge is -2.26. The van der Waals surface area contributed by atoms with Crippen LogP contribution in [0.15, 0.2) is 34.0 Å². The second-order valence-electron chi connectivity index (χ2n) is 5.15. The van der Waals surface area contributed by atoms with Gasteiger partial charge in [-0.15, -0.1) is 11.3 Å². The van der Waals surface area contributed by atoms with E-state index in [0.717, 1.165) is 25.9 Å². The first-order valence-corrected chi connectivity index (χ1v) is 9.61. The van der Waals surface area contributed by atoms with Crippen LogP contribution >= 0.6 is 11.3 Å². The molecule has 2 aromatic rings. The SMILES string of the molecule is O=S(=O)(NCc1ccnc(N2CCCCC2)n1)c1cccs1. The minimum Gasteiger partial charge on any atom is -0.341 e. The summed E-state index contributed by atoms with van der Waals surface area (Å²) in [5.74, 6) is 0.688. The average molecular weight is 338 g/mol. The number of thiophene rings is 1. The quantitative estimate of drug-likeness (QED) is 0.902. The fraction of sp³-hybridized carbons (Fsp3) is 0.429. The number of sulfonamides is 1. The summed E-state index contributed by atoms with van der Waals surface area (Å²) in [5, 5.41) is 1.74. The van der Waals surface area contributed by atoms with Crippen LogP contribution in [0.4, 0.5) is 5.95 Å². The molecule has 2 aromatic heterocycles. The monoisotopic (exact) mass is 338 g/mol. The van der Waals surface area contributed by atoms with Gasteiger partial charge in [-0.1, -0.05) is 6.07 Å². The molecule has 0 saturated carbocycles. The Balaban J connectivity index is 1.68. The van der Waals surface area contributed by atoms with Crippen molar-refractivity contribution in [2.45, 2.75) is 30.0 Å². The van der Waals surface area contributed by atoms with Gasteiger partial charge in [-0.2, -0.15) is 0 Å². The van der Waals surface area contributed by atoms with Crippen molar-refractivity contribution in [2.75, 3.05) is 18.0 Å². The van der Waals surface area contributed by atoms with Gasteiger partial charge in [0, 0.05) is 19.3 Å². The van der Waals surface area contributed by atoms with Gasteiger partial charge in [0.2, 0.25) is 16.0 Å². The van der Waals surface area contributed by atoms with Gasteiger partial charge in [-0.25, -0.2) is 23.1 Å². The number of hydrogen-bond acceptors (Lipinski definition) is 6. The molecule has 0 radical (unpaired) electrons. The van der Waals surface area contributed by atoms with Gasteiger partial charge >= 0.3 is 0 Å². The maximum atomic E-state index is 12.1. The molecule has 3 heterocycles. The van der Waals surface area contributed by atoms with Crippen molar-refractivity contribution in [3.8, 4) is 0 Å². The predicted octanol–water partition coefficient (Wildman–Crippen LogP) is 2.01. The van der Waals surface area contributed by atoms with E-state index in [4.69, 9.17) is 0 Å². The maximum Gasteiger partial charge on any atom is 0.250 e. The molecule has 0 atom stereocenters. The maximum absolute atomic E-state index is 12.1. The molecule has 0 aromatic carbocycles. The lowest BCUT2D eigenvalue weighted by atomic mass is 10.1. The first kappa shape index (κ1) is 15.4. The van der Waals surface area contributed by atoms with Crippen molar-refractivity contribution in [1.82, 2.24) is 14.7 Å². The van der Waals surface area contributed by atoms with Gasteiger partial charge in [0.1, 0.15) is 4.21 Å². The molecular formula is C14H18N4O2S2. The minimum atomic E-state index is -3.46. The van der Waals surface area contributed by atoms with E-state index in [0.29, 0.717) is 15.9 Å². The van der Waals surface area contributed by atoms with E-state index < -0.39 is 10.0 Å². The molecule has 0 bridgehead atoms. The number of anilines is 1. The fourth-order valence-electron chi connectivity index (χ4n) is 2.39. The topological polar surface area (TPSA) is 75.2 Å². The highest BCUT2D eigenvalue weighted by Crippen LogP contribution is 2.17. The van der Waals surface area contributed by atoms with Gasteiger partial charge < -0.3 is 4.90 Å². The van der Waals surface area contributed by atoms with Gasteiger partial charge in [0.25, 0.3) is 0 Å². The van der Waals surface area contributed by atoms with Gasteiger partial charge in [0.05, 0.1) is 12.2 Å². The Morgan fingerprint density at radius 2 is 2.05 bits per heavy atom. The van der Waals surface area contributed by atoms with Crippen LogP contribution in [0.1, 0.15) is 25.0 Å². The Kier molecular flexibility index (Phi) is 4.70. The Hall–Kier alpha value is -1.51. The van der Waals surface area contributed by atoms with Crippen LogP contribution in [0.2, 0.25) is 0 Å². The molecule has 6 nitrogen and oxygen atoms in total. The molecule has 0 spiro atoms. The summed E-state index contributed by atoms with van der Waals surface area (Å²) in [6.07, 6.45) is 5.24. The van der Waals surface area contributed by atoms with Crippen LogP contribution in [0.5, 0.6) is 0 Å². The molecule has 0 unspecified atom stereocenters. The van der Waals surface area contributed by atoms with Gasteiger partial charge in [-0.05, 0) is 36.8 Å². The van der Waals surface area contributed by atoms with Crippen LogP contribution in [-0.4, -0.2) is 31.5 Å². The molecule has 0 amide bonds. The molecule has 22 heavy (non-hydrogen) atoms. The van der Waals surface area contributed by atoms with Gasteiger partial charge in [0.15, 0.2) is 0 Å². The van der Waals surface area contributed by atoms with Crippen LogP contribution in [-0.2, 0) is 16.6 Å². The first-order valence-electron chi connectivity index (χ1n) is 7.25. The summed E-state index contributed by atoms with van der Waals surface area (Å²) in [6.45, 7) is 2.10. The Labute approximate surface area is 134 Å². The zero-order chi connectivity index (χ0) is 15.4. The van der Waals surface area contributed by atoms with Crippen molar-refractivity contribution < 1.29 is 8.42 Å². The number of aromatic nitrogens is 2. The Morgan fingerprint density at radius 3 is 2.77 bits per heavy atom. The normalized spacial score (nSPS) is 15.9. The third-order valence-corrected chi connectivity index (χ3v) is 6.34. The smallest absolute Gasteiger partial charge is 0.250 e. The molecule has 1 fully saturated rings. The average Bonchev–Trinajstić information content (AvgIpc) is 3.10. The molecule has 1 N–H and O–H groups in total. The van der Waals surface area contributed by atoms with Crippen molar-refractivity contribution in [3.63, 3.8) is 0 Å². The zero-order valence-electron chi connectivity index (χ0n) is 12.1. The molecule has 0 aliphatic carbocycles. The Morgan fingerprint density at radius 1 is 1.23 bits per heavy atom. The van der Waals surface area contributed by atoms with E-state index in [1.807, 2.05) is 0 Å². The van der Waals surface area contributed by atoms with Crippen molar-refractivity contribution in [3.05, 3.63) is 35.5 Å². The second kappa shape index (κ2) is 6.72. The van der Waals surface area contributed by atoms with E-state index in [1.54, 1.807) is 29.8 Å². The number of rotatable bonds is 5. The van der Waals surface area contributed by atoms with Crippen LogP contribution < -0.4 is 9.62 Å². The highest BCUT2D eigenvalue weighted by atomic mass is 32.2. The highest BCUT2D eigenvalue weighted by Gasteiger charge is 2.16. The van der Waals surface area contributed by atoms with E-state index in [9.17, 15) is 8.42 Å². The highest BCUT2D eigenvalue weighted by molar-refractivity contribution is 7.91. The summed E-state index contributed by atoms with van der Waals surface area (Å²) < 4.78 is 27.1. The lowest BCUT2D eigenvalue weighted by Crippen LogP contribution is -2.31. The Bertz CT molecular complexity index is 710. The summed E-state index contributed by atoms with van der Waals surface area (Å²) in [6, 6.07) is 5.05. The number of nitrogens with zero attached hydrogens (tertiary/aromatic N) is 3. The van der Waals surface area contributed by atoms with E-state index >= 15 is 0 Å². The molecule has 1 aliphatic rings. The van der Waals surface area contributed by atoms with E-state index in [-0.39, 0.29) is 6.54 Å². The first-order chi connectivity index (χ1) is 10.6. The number of hydrogen-bond donors (Lipinski definition) is 1. The predicted molar refractivity (Wildman–Crippen MR) is 86.4 cm³/mol. The van der Waals surface area contributed by atoms with E-state index in [1.165, 1.54) is 17.8 Å². The van der Waals surface area contributed by atoms with Crippen molar-refractivity contribution in [1.29, 1.82) is 0 Å². The molecular weight excluding hydrogens is 320 g/mol. The minimum absolute atomic E-state index is 0.170. The second-order valence-corrected chi connectivity index (χ2v) is 8.09. The molecule has 1 aliphatic heterocycles. The fourth-order valence-corrected chi connectivity index (χ4v) is 4.42. The summed E-state index contributed by atoms with van der Waals surface area (Å²) in [7, 11) is -3.46. The summed E-state index contributed by atoms with van der Waals surface area (Å²) >= 11 is 1.20. The van der Waals surface area contributed by atoms with Crippen molar-refractivity contribution >= 4 is 27.3 Å². The summed E-state index contributed by atoms with van der Waals surface area (Å²) in [4.78, 5) is 10.9. The zero-order valence-corrected chi connectivity index (χ0v) is 13.7. The van der Waals surface area contributed by atoms with Crippen LogP contribution in [0, 0.1) is 0 Å². The number of nitrogens with one attached hydrogen (secondary N) is 1. The van der Waals surface area contributed by atoms with Crippen molar-refractivity contribution in [2.24, 2.45) is 0 Å². The molecule has 8 heteroatoms. The lowest BCUT2D eigenvalue weighted by molar-refractivity contribution is 0.566. The standard InChI is InChI=1S/C14H18N4O2S2/c19-22(20,13-5-4-10-21-13)16-11-12-6-7-15-14(17-12)18-8-2-1-3-9-18/h4-7,10,16H,1-3,8-9,11H2.